The van der Waals surface area contributed by atoms with Crippen molar-refractivity contribution >= 4 is 46.1 Å². The van der Waals surface area contributed by atoms with Crippen LogP contribution in [0.2, 0.25) is 10.0 Å². The number of benzene rings is 2. The van der Waals surface area contributed by atoms with Gasteiger partial charge in [-0.25, -0.2) is 9.97 Å². The van der Waals surface area contributed by atoms with Gasteiger partial charge in [-0.1, -0.05) is 41.0 Å². The Morgan fingerprint density at radius 2 is 1.81 bits per heavy atom. The number of nitrogens with zero attached hydrogens (tertiary/aromatic N) is 4. The number of imidazole rings is 1. The first-order valence-electron chi connectivity index (χ1n) is 9.33. The van der Waals surface area contributed by atoms with E-state index in [9.17, 15) is 18.0 Å². The summed E-state index contributed by atoms with van der Waals surface area (Å²) in [6, 6.07) is 10.1. The molecular formula is C21H15Cl2F3N4OS. The fourth-order valence-corrected chi connectivity index (χ4v) is 4.51. The van der Waals surface area contributed by atoms with E-state index in [0.29, 0.717) is 39.3 Å². The van der Waals surface area contributed by atoms with Crippen molar-refractivity contribution in [3.63, 3.8) is 0 Å². The summed E-state index contributed by atoms with van der Waals surface area (Å²) in [6.45, 7) is 0. The molecule has 11 heteroatoms. The number of thioether (sulfide) groups is 1. The number of fused-ring (bicyclic) bond motifs is 1. The lowest BCUT2D eigenvalue weighted by molar-refractivity contribution is -0.137. The van der Waals surface area contributed by atoms with Gasteiger partial charge in [0.05, 0.1) is 17.6 Å². The Bertz CT molecular complexity index is 1350. The lowest BCUT2D eigenvalue weighted by Gasteiger charge is -2.13. The highest BCUT2D eigenvalue weighted by Crippen LogP contribution is 2.32. The highest BCUT2D eigenvalue weighted by atomic mass is 35.5. The molecule has 0 saturated carbocycles. The highest BCUT2D eigenvalue weighted by Gasteiger charge is 2.30. The van der Waals surface area contributed by atoms with Gasteiger partial charge < -0.3 is 4.57 Å². The standard InChI is InChI=1S/C21H15Cl2F3N4OS/c1-29-11-27-17-18(29)28-20(30(19(17)31)15-6-4-14(22)5-7-15)32-9-8-12-2-3-13(10-16(12)23)21(24,25)26/h2-7,10-11H,8-9H2,1H3. The van der Waals surface area contributed by atoms with Gasteiger partial charge in [0.15, 0.2) is 16.3 Å². The molecule has 0 aliphatic rings. The van der Waals surface area contributed by atoms with E-state index in [1.54, 1.807) is 35.9 Å². The van der Waals surface area contributed by atoms with Crippen LogP contribution in [-0.4, -0.2) is 24.9 Å². The molecular weight excluding hydrogens is 484 g/mol. The molecule has 0 N–H and O–H groups in total. The Morgan fingerprint density at radius 1 is 1.09 bits per heavy atom. The Morgan fingerprint density at radius 3 is 2.47 bits per heavy atom. The summed E-state index contributed by atoms with van der Waals surface area (Å²) < 4.78 is 41.7. The van der Waals surface area contributed by atoms with Crippen LogP contribution in [-0.2, 0) is 19.6 Å². The average molecular weight is 499 g/mol. The molecule has 32 heavy (non-hydrogen) atoms. The molecule has 0 aliphatic heterocycles. The summed E-state index contributed by atoms with van der Waals surface area (Å²) in [6.07, 6.45) is -2.54. The van der Waals surface area contributed by atoms with Crippen molar-refractivity contribution < 1.29 is 13.2 Å². The van der Waals surface area contributed by atoms with E-state index in [4.69, 9.17) is 23.2 Å². The molecule has 4 aromatic rings. The van der Waals surface area contributed by atoms with Gasteiger partial charge in [-0.15, -0.1) is 0 Å². The van der Waals surface area contributed by atoms with E-state index in [2.05, 4.69) is 9.97 Å². The molecule has 0 amide bonds. The fraction of sp³-hybridized carbons (Fsp3) is 0.190. The number of aromatic nitrogens is 4. The topological polar surface area (TPSA) is 52.7 Å². The maximum Gasteiger partial charge on any atom is 0.416 e. The van der Waals surface area contributed by atoms with Crippen LogP contribution in [0.15, 0.2) is 58.7 Å². The maximum atomic E-state index is 13.1. The van der Waals surface area contributed by atoms with Crippen LogP contribution in [0.4, 0.5) is 13.2 Å². The number of alkyl halides is 3. The summed E-state index contributed by atoms with van der Waals surface area (Å²) in [5, 5.41) is 1.00. The van der Waals surface area contributed by atoms with Crippen LogP contribution in [0.1, 0.15) is 11.1 Å². The molecule has 166 valence electrons. The third-order valence-corrected chi connectivity index (χ3v) is 6.32. The minimum absolute atomic E-state index is 0.0468. The number of halogens is 5. The van der Waals surface area contributed by atoms with Gasteiger partial charge in [0.2, 0.25) is 0 Å². The smallest absolute Gasteiger partial charge is 0.318 e. The molecule has 0 fully saturated rings. The molecule has 0 unspecified atom stereocenters. The van der Waals surface area contributed by atoms with Crippen molar-refractivity contribution in [1.29, 1.82) is 0 Å². The maximum absolute atomic E-state index is 13.1. The van der Waals surface area contributed by atoms with Gasteiger partial charge in [0.25, 0.3) is 5.56 Å². The molecule has 0 radical (unpaired) electrons. The SMILES string of the molecule is Cn1cnc2c(=O)n(-c3ccc(Cl)cc3)c(SCCc3ccc(C(F)(F)F)cc3Cl)nc21. The van der Waals surface area contributed by atoms with Crippen LogP contribution >= 0.6 is 35.0 Å². The normalized spacial score (nSPS) is 11.9. The molecule has 0 atom stereocenters. The fourth-order valence-electron chi connectivity index (χ4n) is 3.13. The van der Waals surface area contributed by atoms with Crippen molar-refractivity contribution in [2.45, 2.75) is 17.8 Å². The van der Waals surface area contributed by atoms with E-state index in [0.717, 1.165) is 12.1 Å². The van der Waals surface area contributed by atoms with Gasteiger partial charge in [-0.05, 0) is 48.4 Å². The highest BCUT2D eigenvalue weighted by molar-refractivity contribution is 7.99. The third kappa shape index (κ3) is 4.51. The lowest BCUT2D eigenvalue weighted by Crippen LogP contribution is -2.22. The van der Waals surface area contributed by atoms with E-state index in [1.807, 2.05) is 0 Å². The van der Waals surface area contributed by atoms with Gasteiger partial charge in [0.1, 0.15) is 0 Å². The van der Waals surface area contributed by atoms with E-state index in [-0.39, 0.29) is 16.1 Å². The van der Waals surface area contributed by atoms with Gasteiger partial charge >= 0.3 is 6.18 Å². The van der Waals surface area contributed by atoms with E-state index < -0.39 is 11.7 Å². The summed E-state index contributed by atoms with van der Waals surface area (Å²) in [4.78, 5) is 21.9. The summed E-state index contributed by atoms with van der Waals surface area (Å²) >= 11 is 13.3. The van der Waals surface area contributed by atoms with E-state index in [1.165, 1.54) is 28.7 Å². The van der Waals surface area contributed by atoms with Crippen molar-refractivity contribution in [2.24, 2.45) is 7.05 Å². The summed E-state index contributed by atoms with van der Waals surface area (Å²) in [5.41, 5.74) is 0.711. The Balaban J connectivity index is 1.65. The minimum atomic E-state index is -4.45. The monoisotopic (exact) mass is 498 g/mol. The van der Waals surface area contributed by atoms with Crippen molar-refractivity contribution in [3.05, 3.63) is 80.3 Å². The van der Waals surface area contributed by atoms with Crippen molar-refractivity contribution in [1.82, 2.24) is 19.1 Å². The number of rotatable bonds is 5. The second kappa shape index (κ2) is 8.80. The zero-order valence-corrected chi connectivity index (χ0v) is 18.9. The molecule has 2 aromatic carbocycles. The molecule has 0 aliphatic carbocycles. The molecule has 0 bridgehead atoms. The Labute approximate surface area is 194 Å². The number of hydrogen-bond acceptors (Lipinski definition) is 4. The zero-order chi connectivity index (χ0) is 23.0. The molecule has 5 nitrogen and oxygen atoms in total. The van der Waals surface area contributed by atoms with E-state index >= 15 is 0 Å². The predicted molar refractivity (Wildman–Crippen MR) is 120 cm³/mol. The average Bonchev–Trinajstić information content (AvgIpc) is 3.10. The lowest BCUT2D eigenvalue weighted by atomic mass is 10.1. The summed E-state index contributed by atoms with van der Waals surface area (Å²) in [5.74, 6) is 0.439. The molecule has 0 spiro atoms. The molecule has 2 aromatic heterocycles. The largest absolute Gasteiger partial charge is 0.416 e. The quantitative estimate of drug-likeness (QED) is 0.258. The van der Waals surface area contributed by atoms with Crippen LogP contribution in [0.3, 0.4) is 0 Å². The third-order valence-electron chi connectivity index (χ3n) is 4.77. The van der Waals surface area contributed by atoms with Gasteiger partial charge in [-0.3, -0.25) is 9.36 Å². The number of hydrogen-bond donors (Lipinski definition) is 0. The first kappa shape index (κ1) is 22.7. The molecule has 2 heterocycles. The second-order valence-electron chi connectivity index (χ2n) is 6.94. The van der Waals surface area contributed by atoms with Crippen LogP contribution in [0.25, 0.3) is 16.9 Å². The Kier molecular flexibility index (Phi) is 6.24. The number of aryl methyl sites for hydroxylation is 2. The molecule has 0 saturated heterocycles. The minimum Gasteiger partial charge on any atom is -0.318 e. The van der Waals surface area contributed by atoms with Crippen LogP contribution < -0.4 is 5.56 Å². The van der Waals surface area contributed by atoms with Crippen molar-refractivity contribution in [3.8, 4) is 5.69 Å². The van der Waals surface area contributed by atoms with Crippen molar-refractivity contribution in [2.75, 3.05) is 5.75 Å². The first-order valence-corrected chi connectivity index (χ1v) is 11.1. The van der Waals surface area contributed by atoms with Gasteiger partial charge in [-0.2, -0.15) is 13.2 Å². The predicted octanol–water partition coefficient (Wildman–Crippen LogP) is 5.78. The second-order valence-corrected chi connectivity index (χ2v) is 8.85. The van der Waals surface area contributed by atoms with Gasteiger partial charge in [0, 0.05) is 22.8 Å². The first-order chi connectivity index (χ1) is 15.1. The summed E-state index contributed by atoms with van der Waals surface area (Å²) in [7, 11) is 1.74. The zero-order valence-electron chi connectivity index (χ0n) is 16.5. The molecule has 4 rings (SSSR count). The van der Waals surface area contributed by atoms with Crippen LogP contribution in [0.5, 0.6) is 0 Å². The van der Waals surface area contributed by atoms with Crippen LogP contribution in [0, 0.1) is 0 Å². The Hall–Kier alpha value is -2.49.